The monoisotopic (exact) mass is 284 g/mol. The van der Waals surface area contributed by atoms with Gasteiger partial charge in [0.25, 0.3) is 0 Å². The van der Waals surface area contributed by atoms with E-state index in [0.29, 0.717) is 10.3 Å². The van der Waals surface area contributed by atoms with Crippen molar-refractivity contribution in [3.63, 3.8) is 0 Å². The normalized spacial score (nSPS) is 35.7. The van der Waals surface area contributed by atoms with Crippen molar-refractivity contribution in [3.8, 4) is 0 Å². The minimum Gasteiger partial charge on any atom is -0.309 e. The SMILES string of the molecule is CCC1CNC(C)(CC)CN1CC1(SC)CCCC1. The third-order valence-electron chi connectivity index (χ3n) is 5.52. The predicted octanol–water partition coefficient (Wildman–Crippen LogP) is 3.51. The summed E-state index contributed by atoms with van der Waals surface area (Å²) >= 11 is 2.13. The molecule has 2 unspecified atom stereocenters. The van der Waals surface area contributed by atoms with Crippen LogP contribution in [0.5, 0.6) is 0 Å². The zero-order valence-corrected chi connectivity index (χ0v) is 14.1. The molecule has 112 valence electrons. The van der Waals surface area contributed by atoms with Gasteiger partial charge in [-0.25, -0.2) is 0 Å². The van der Waals surface area contributed by atoms with Crippen molar-refractivity contribution in [1.82, 2.24) is 10.2 Å². The highest BCUT2D eigenvalue weighted by atomic mass is 32.2. The molecule has 0 aromatic rings. The number of rotatable bonds is 5. The first-order valence-corrected chi connectivity index (χ1v) is 9.33. The first-order valence-electron chi connectivity index (χ1n) is 8.11. The Kier molecular flexibility index (Phi) is 5.24. The number of nitrogens with one attached hydrogen (secondary N) is 1. The van der Waals surface area contributed by atoms with Gasteiger partial charge in [0.15, 0.2) is 0 Å². The first kappa shape index (κ1) is 15.7. The number of thioether (sulfide) groups is 1. The number of hydrogen-bond donors (Lipinski definition) is 1. The van der Waals surface area contributed by atoms with Gasteiger partial charge in [-0.3, -0.25) is 4.90 Å². The van der Waals surface area contributed by atoms with Crippen LogP contribution in [0.3, 0.4) is 0 Å². The van der Waals surface area contributed by atoms with Crippen LogP contribution in [0.15, 0.2) is 0 Å². The molecule has 0 amide bonds. The third-order valence-corrected chi connectivity index (χ3v) is 6.93. The van der Waals surface area contributed by atoms with Crippen molar-refractivity contribution >= 4 is 11.8 Å². The standard InChI is InChI=1S/C16H32N2S/c1-5-14-11-17-15(3,6-2)12-18(14)13-16(19-4)9-7-8-10-16/h14,17H,5-13H2,1-4H3. The van der Waals surface area contributed by atoms with E-state index in [4.69, 9.17) is 0 Å². The molecule has 1 aliphatic carbocycles. The van der Waals surface area contributed by atoms with E-state index >= 15 is 0 Å². The Labute approximate surface area is 124 Å². The maximum atomic E-state index is 3.78. The lowest BCUT2D eigenvalue weighted by Gasteiger charge is -2.48. The Morgan fingerprint density at radius 3 is 2.47 bits per heavy atom. The fraction of sp³-hybridized carbons (Fsp3) is 1.00. The molecule has 1 saturated heterocycles. The number of hydrogen-bond acceptors (Lipinski definition) is 3. The first-order chi connectivity index (χ1) is 9.06. The predicted molar refractivity (Wildman–Crippen MR) is 87.1 cm³/mol. The maximum absolute atomic E-state index is 3.78. The van der Waals surface area contributed by atoms with E-state index in [1.807, 2.05) is 0 Å². The summed E-state index contributed by atoms with van der Waals surface area (Å²) in [6, 6.07) is 0.740. The summed E-state index contributed by atoms with van der Waals surface area (Å²) in [6.45, 7) is 10.8. The summed E-state index contributed by atoms with van der Waals surface area (Å²) < 4.78 is 0.555. The molecule has 2 nitrogen and oxygen atoms in total. The van der Waals surface area contributed by atoms with Crippen molar-refractivity contribution in [2.75, 3.05) is 25.9 Å². The lowest BCUT2D eigenvalue weighted by Crippen LogP contribution is -2.64. The number of piperazine rings is 1. The molecule has 0 radical (unpaired) electrons. The van der Waals surface area contributed by atoms with Crippen molar-refractivity contribution in [2.45, 2.75) is 75.6 Å². The van der Waals surface area contributed by atoms with Crippen molar-refractivity contribution in [2.24, 2.45) is 0 Å². The molecule has 1 heterocycles. The van der Waals surface area contributed by atoms with Crippen LogP contribution in [0.25, 0.3) is 0 Å². The molecule has 1 N–H and O–H groups in total. The molecule has 1 saturated carbocycles. The minimum atomic E-state index is 0.323. The summed E-state index contributed by atoms with van der Waals surface area (Å²) in [6.07, 6.45) is 10.6. The minimum absolute atomic E-state index is 0.323. The largest absolute Gasteiger partial charge is 0.309 e. The van der Waals surface area contributed by atoms with E-state index in [2.05, 4.69) is 49.0 Å². The van der Waals surface area contributed by atoms with Crippen LogP contribution >= 0.6 is 11.8 Å². The lowest BCUT2D eigenvalue weighted by molar-refractivity contribution is 0.0732. The summed E-state index contributed by atoms with van der Waals surface area (Å²) in [5.74, 6) is 0. The summed E-state index contributed by atoms with van der Waals surface area (Å²) in [5, 5.41) is 3.78. The lowest BCUT2D eigenvalue weighted by atomic mass is 9.91. The van der Waals surface area contributed by atoms with E-state index in [1.165, 1.54) is 58.2 Å². The summed E-state index contributed by atoms with van der Waals surface area (Å²) in [7, 11) is 0. The fourth-order valence-electron chi connectivity index (χ4n) is 3.77. The van der Waals surface area contributed by atoms with Gasteiger partial charge in [0.2, 0.25) is 0 Å². The van der Waals surface area contributed by atoms with E-state index < -0.39 is 0 Å². The molecule has 0 aromatic heterocycles. The van der Waals surface area contributed by atoms with Gasteiger partial charge in [-0.2, -0.15) is 11.8 Å². The van der Waals surface area contributed by atoms with Gasteiger partial charge in [0.1, 0.15) is 0 Å². The van der Waals surface area contributed by atoms with Gasteiger partial charge in [-0.15, -0.1) is 0 Å². The second-order valence-corrected chi connectivity index (χ2v) is 8.13. The molecule has 2 atom stereocenters. The van der Waals surface area contributed by atoms with Crippen molar-refractivity contribution in [1.29, 1.82) is 0 Å². The Hall–Kier alpha value is 0.270. The van der Waals surface area contributed by atoms with Crippen LogP contribution in [0.2, 0.25) is 0 Å². The molecule has 3 heteroatoms. The van der Waals surface area contributed by atoms with Gasteiger partial charge < -0.3 is 5.32 Å². The molecular formula is C16H32N2S. The van der Waals surface area contributed by atoms with Crippen LogP contribution in [-0.4, -0.2) is 47.1 Å². The zero-order chi connectivity index (χ0) is 13.9. The molecule has 19 heavy (non-hydrogen) atoms. The van der Waals surface area contributed by atoms with E-state index in [-0.39, 0.29) is 0 Å². The van der Waals surface area contributed by atoms with Crippen LogP contribution in [0.4, 0.5) is 0 Å². The molecule has 0 spiro atoms. The summed E-state index contributed by atoms with van der Waals surface area (Å²) in [4.78, 5) is 2.81. The average Bonchev–Trinajstić information content (AvgIpc) is 2.88. The highest BCUT2D eigenvalue weighted by molar-refractivity contribution is 8.00. The Morgan fingerprint density at radius 1 is 1.26 bits per heavy atom. The molecule has 1 aliphatic heterocycles. The molecule has 2 fully saturated rings. The zero-order valence-electron chi connectivity index (χ0n) is 13.3. The molecule has 0 aromatic carbocycles. The van der Waals surface area contributed by atoms with Gasteiger partial charge >= 0.3 is 0 Å². The molecule has 2 rings (SSSR count). The van der Waals surface area contributed by atoms with Gasteiger partial charge in [-0.1, -0.05) is 26.7 Å². The summed E-state index contributed by atoms with van der Waals surface area (Å²) in [5.41, 5.74) is 0.323. The van der Waals surface area contributed by atoms with Crippen LogP contribution < -0.4 is 5.32 Å². The van der Waals surface area contributed by atoms with E-state index in [0.717, 1.165) is 6.04 Å². The molecule has 2 aliphatic rings. The second-order valence-electron chi connectivity index (χ2n) is 6.86. The highest BCUT2D eigenvalue weighted by Gasteiger charge is 2.40. The average molecular weight is 285 g/mol. The Morgan fingerprint density at radius 2 is 1.95 bits per heavy atom. The van der Waals surface area contributed by atoms with Gasteiger partial charge in [0, 0.05) is 36.0 Å². The maximum Gasteiger partial charge on any atom is 0.0284 e. The Balaban J connectivity index is 2.05. The fourth-order valence-corrected chi connectivity index (χ4v) is 4.76. The topological polar surface area (TPSA) is 15.3 Å². The quantitative estimate of drug-likeness (QED) is 0.831. The number of nitrogens with zero attached hydrogens (tertiary/aromatic N) is 1. The smallest absolute Gasteiger partial charge is 0.0284 e. The molecule has 0 bridgehead atoms. The molecular weight excluding hydrogens is 252 g/mol. The second kappa shape index (κ2) is 6.36. The van der Waals surface area contributed by atoms with Crippen LogP contribution in [-0.2, 0) is 0 Å². The van der Waals surface area contributed by atoms with Gasteiger partial charge in [-0.05, 0) is 38.9 Å². The van der Waals surface area contributed by atoms with Crippen molar-refractivity contribution < 1.29 is 0 Å². The van der Waals surface area contributed by atoms with Crippen LogP contribution in [0, 0.1) is 0 Å². The van der Waals surface area contributed by atoms with Gasteiger partial charge in [0.05, 0.1) is 0 Å². The third kappa shape index (κ3) is 3.48. The van der Waals surface area contributed by atoms with Crippen molar-refractivity contribution in [3.05, 3.63) is 0 Å². The van der Waals surface area contributed by atoms with E-state index in [1.54, 1.807) is 0 Å². The van der Waals surface area contributed by atoms with Crippen LogP contribution in [0.1, 0.15) is 59.3 Å². The highest BCUT2D eigenvalue weighted by Crippen LogP contribution is 2.41. The Bertz CT molecular complexity index is 288. The van der Waals surface area contributed by atoms with E-state index in [9.17, 15) is 0 Å².